The molecule has 0 unspecified atom stereocenters. The maximum absolute atomic E-state index is 2.24. The van der Waals surface area contributed by atoms with Crippen molar-refractivity contribution in [2.24, 2.45) is 0 Å². The van der Waals surface area contributed by atoms with Gasteiger partial charge in [0.15, 0.2) is 6.71 Å². The van der Waals surface area contributed by atoms with E-state index in [1.54, 1.807) is 0 Å². The van der Waals surface area contributed by atoms with E-state index in [1.165, 1.54) is 16.6 Å². The van der Waals surface area contributed by atoms with E-state index in [0.29, 0.717) is 6.71 Å². The van der Waals surface area contributed by atoms with Crippen LogP contribution in [-0.2, 0) is 0 Å². The third-order valence-electron chi connectivity index (χ3n) is 2.27. The summed E-state index contributed by atoms with van der Waals surface area (Å²) in [5.41, 5.74) is 4.32. The van der Waals surface area contributed by atoms with E-state index in [-0.39, 0.29) is 0 Å². The first kappa shape index (κ1) is 8.38. The first-order valence-electron chi connectivity index (χ1n) is 4.19. The van der Waals surface area contributed by atoms with Crippen molar-refractivity contribution in [3.8, 4) is 0 Å². The fourth-order valence-corrected chi connectivity index (χ4v) is 1.40. The molecule has 58 valence electrons. The molecule has 0 aliphatic rings. The standard InChI is InChI=1S/C10H15B/c1-8-6-5-7-10(9(8)2)11(3)4/h5-7H,1-4H3. The Hall–Kier alpha value is -0.715. The highest BCUT2D eigenvalue weighted by Gasteiger charge is 2.06. The van der Waals surface area contributed by atoms with Gasteiger partial charge in [-0.3, -0.25) is 0 Å². The van der Waals surface area contributed by atoms with E-state index < -0.39 is 0 Å². The third-order valence-corrected chi connectivity index (χ3v) is 2.27. The molecule has 1 rings (SSSR count). The molecule has 0 radical (unpaired) electrons. The van der Waals surface area contributed by atoms with E-state index in [4.69, 9.17) is 0 Å². The molecule has 1 aromatic carbocycles. The lowest BCUT2D eigenvalue weighted by atomic mass is 9.48. The van der Waals surface area contributed by atoms with Crippen LogP contribution < -0.4 is 5.46 Å². The number of hydrogen-bond donors (Lipinski definition) is 0. The summed E-state index contributed by atoms with van der Waals surface area (Å²) in [6.07, 6.45) is 0. The van der Waals surface area contributed by atoms with Gasteiger partial charge in [-0.15, -0.1) is 0 Å². The Balaban J connectivity index is 3.17. The summed E-state index contributed by atoms with van der Waals surface area (Å²) in [4.78, 5) is 0. The normalized spacial score (nSPS) is 9.82. The maximum atomic E-state index is 2.24. The minimum atomic E-state index is 0.648. The van der Waals surface area contributed by atoms with Gasteiger partial charge in [0.05, 0.1) is 0 Å². The van der Waals surface area contributed by atoms with Crippen LogP contribution in [0.4, 0.5) is 0 Å². The molecular weight excluding hydrogens is 131 g/mol. The molecule has 0 saturated carbocycles. The summed E-state index contributed by atoms with van der Waals surface area (Å²) >= 11 is 0. The van der Waals surface area contributed by atoms with Crippen molar-refractivity contribution < 1.29 is 0 Å². The smallest absolute Gasteiger partial charge is 0.0819 e. The van der Waals surface area contributed by atoms with Crippen LogP contribution in [0.2, 0.25) is 13.6 Å². The molecule has 0 atom stereocenters. The zero-order chi connectivity index (χ0) is 8.43. The van der Waals surface area contributed by atoms with Crippen LogP contribution in [0.3, 0.4) is 0 Å². The lowest BCUT2D eigenvalue weighted by Gasteiger charge is -2.08. The molecule has 0 aliphatic carbocycles. The minimum absolute atomic E-state index is 0.648. The fraction of sp³-hybridized carbons (Fsp3) is 0.400. The van der Waals surface area contributed by atoms with Crippen LogP contribution in [0, 0.1) is 13.8 Å². The Morgan fingerprint density at radius 2 is 1.73 bits per heavy atom. The van der Waals surface area contributed by atoms with Crippen LogP contribution >= 0.6 is 0 Å². The molecule has 0 fully saturated rings. The van der Waals surface area contributed by atoms with Crippen LogP contribution in [-0.4, -0.2) is 6.71 Å². The van der Waals surface area contributed by atoms with E-state index in [9.17, 15) is 0 Å². The summed E-state index contributed by atoms with van der Waals surface area (Å²) < 4.78 is 0. The fourth-order valence-electron chi connectivity index (χ4n) is 1.40. The van der Waals surface area contributed by atoms with Gasteiger partial charge >= 0.3 is 0 Å². The van der Waals surface area contributed by atoms with Gasteiger partial charge in [-0.2, -0.15) is 0 Å². The van der Waals surface area contributed by atoms with Crippen molar-refractivity contribution in [1.29, 1.82) is 0 Å². The van der Waals surface area contributed by atoms with Crippen LogP contribution in [0.5, 0.6) is 0 Å². The lowest BCUT2D eigenvalue weighted by Crippen LogP contribution is -2.25. The maximum Gasteiger partial charge on any atom is 0.169 e. The zero-order valence-corrected chi connectivity index (χ0v) is 7.81. The van der Waals surface area contributed by atoms with Crippen molar-refractivity contribution in [2.75, 3.05) is 0 Å². The number of hydrogen-bond acceptors (Lipinski definition) is 0. The van der Waals surface area contributed by atoms with Gasteiger partial charge in [0.2, 0.25) is 0 Å². The molecular formula is C10H15B. The number of aryl methyl sites for hydroxylation is 1. The summed E-state index contributed by atoms with van der Waals surface area (Å²) in [5.74, 6) is 0. The molecule has 0 N–H and O–H groups in total. The molecule has 0 aromatic heterocycles. The SMILES string of the molecule is CB(C)c1cccc(C)c1C. The van der Waals surface area contributed by atoms with Crippen molar-refractivity contribution in [1.82, 2.24) is 0 Å². The summed E-state index contributed by atoms with van der Waals surface area (Å²) in [5, 5.41) is 0. The Labute approximate surface area is 69.7 Å². The monoisotopic (exact) mass is 146 g/mol. The topological polar surface area (TPSA) is 0 Å². The predicted molar refractivity (Wildman–Crippen MR) is 53.0 cm³/mol. The largest absolute Gasteiger partial charge is 0.169 e. The van der Waals surface area contributed by atoms with Crippen molar-refractivity contribution in [2.45, 2.75) is 27.5 Å². The van der Waals surface area contributed by atoms with Crippen molar-refractivity contribution in [3.63, 3.8) is 0 Å². The minimum Gasteiger partial charge on any atom is -0.0819 e. The third kappa shape index (κ3) is 1.65. The van der Waals surface area contributed by atoms with Gasteiger partial charge in [-0.25, -0.2) is 0 Å². The second-order valence-electron chi connectivity index (χ2n) is 3.44. The molecule has 0 nitrogen and oxygen atoms in total. The average Bonchev–Trinajstić information content (AvgIpc) is 1.94. The van der Waals surface area contributed by atoms with E-state index in [0.717, 1.165) is 0 Å². The van der Waals surface area contributed by atoms with Gasteiger partial charge in [0.1, 0.15) is 0 Å². The molecule has 0 heterocycles. The quantitative estimate of drug-likeness (QED) is 0.533. The van der Waals surface area contributed by atoms with Gasteiger partial charge in [-0.05, 0) is 19.4 Å². The molecule has 0 saturated heterocycles. The number of benzene rings is 1. The van der Waals surface area contributed by atoms with E-state index in [1.807, 2.05) is 0 Å². The van der Waals surface area contributed by atoms with Crippen molar-refractivity contribution in [3.05, 3.63) is 29.3 Å². The number of rotatable bonds is 1. The van der Waals surface area contributed by atoms with Crippen LogP contribution in [0.25, 0.3) is 0 Å². The average molecular weight is 146 g/mol. The first-order valence-corrected chi connectivity index (χ1v) is 4.19. The van der Waals surface area contributed by atoms with E-state index >= 15 is 0 Å². The summed E-state index contributed by atoms with van der Waals surface area (Å²) in [6, 6.07) is 6.52. The predicted octanol–water partition coefficient (Wildman–Crippen LogP) is 2.26. The molecule has 0 amide bonds. The Bertz CT molecular complexity index is 251. The summed E-state index contributed by atoms with van der Waals surface area (Å²) in [7, 11) is 0. The highest BCUT2D eigenvalue weighted by atomic mass is 14.0. The van der Waals surface area contributed by atoms with Gasteiger partial charge < -0.3 is 0 Å². The molecule has 0 aliphatic heterocycles. The van der Waals surface area contributed by atoms with Gasteiger partial charge in [0.25, 0.3) is 0 Å². The van der Waals surface area contributed by atoms with Crippen molar-refractivity contribution >= 4 is 12.2 Å². The highest BCUT2D eigenvalue weighted by Crippen LogP contribution is 2.03. The molecule has 1 heteroatoms. The van der Waals surface area contributed by atoms with Gasteiger partial charge in [0, 0.05) is 0 Å². The lowest BCUT2D eigenvalue weighted by molar-refractivity contribution is 1.36. The second kappa shape index (κ2) is 3.12. The second-order valence-corrected chi connectivity index (χ2v) is 3.44. The molecule has 0 bridgehead atoms. The zero-order valence-electron chi connectivity index (χ0n) is 7.81. The molecule has 1 aromatic rings. The van der Waals surface area contributed by atoms with E-state index in [2.05, 4.69) is 45.7 Å². The Morgan fingerprint density at radius 3 is 2.18 bits per heavy atom. The Morgan fingerprint density at radius 1 is 1.09 bits per heavy atom. The highest BCUT2D eigenvalue weighted by molar-refractivity contribution is 6.71. The van der Waals surface area contributed by atoms with Gasteiger partial charge in [-0.1, -0.05) is 42.9 Å². The van der Waals surface area contributed by atoms with Crippen LogP contribution in [0.1, 0.15) is 11.1 Å². The Kier molecular flexibility index (Phi) is 2.38. The van der Waals surface area contributed by atoms with Crippen LogP contribution in [0.15, 0.2) is 18.2 Å². The molecule has 11 heavy (non-hydrogen) atoms. The first-order chi connectivity index (χ1) is 5.13. The molecule has 0 spiro atoms. The summed E-state index contributed by atoms with van der Waals surface area (Å²) in [6.45, 7) is 9.49.